The summed E-state index contributed by atoms with van der Waals surface area (Å²) in [6.45, 7) is -0.264. The zero-order valence-electron chi connectivity index (χ0n) is 17.1. The lowest BCUT2D eigenvalue weighted by Crippen LogP contribution is -2.68. The summed E-state index contributed by atoms with van der Waals surface area (Å²) in [4.78, 5) is 62.8. The molecule has 34 heavy (non-hydrogen) atoms. The van der Waals surface area contributed by atoms with E-state index < -0.39 is 45.6 Å². The van der Waals surface area contributed by atoms with Crippen molar-refractivity contribution in [2.75, 3.05) is 6.54 Å². The summed E-state index contributed by atoms with van der Waals surface area (Å²) in [5.74, 6) is -2.08. The van der Waals surface area contributed by atoms with Gasteiger partial charge in [0.1, 0.15) is 18.3 Å². The molecule has 2 aromatic rings. The summed E-state index contributed by atoms with van der Waals surface area (Å²) < 4.78 is 30.7. The van der Waals surface area contributed by atoms with E-state index in [1.54, 1.807) is 34.5 Å². The van der Waals surface area contributed by atoms with Crippen LogP contribution < -0.4 is 30.5 Å². The third-order valence-corrected chi connectivity index (χ3v) is 5.17. The van der Waals surface area contributed by atoms with E-state index >= 15 is 0 Å². The number of carbonyl (C=O) groups excluding carboxylic acids is 3. The van der Waals surface area contributed by atoms with Crippen molar-refractivity contribution in [2.45, 2.75) is 12.6 Å². The van der Waals surface area contributed by atoms with Crippen LogP contribution >= 0.6 is 0 Å². The van der Waals surface area contributed by atoms with Gasteiger partial charge in [0.05, 0.1) is 6.54 Å². The first kappa shape index (κ1) is 24.2. The summed E-state index contributed by atoms with van der Waals surface area (Å²) in [6.07, 6.45) is -0.350. The molecule has 3 rings (SSSR count). The second-order valence-corrected chi connectivity index (χ2v) is 8.18. The zero-order valence-corrected chi connectivity index (χ0v) is 17.9. The average molecular weight is 494 g/mol. The van der Waals surface area contributed by atoms with Crippen LogP contribution in [0.25, 0.3) is 0 Å². The summed E-state index contributed by atoms with van der Waals surface area (Å²) in [6, 6.07) is 7.37. The van der Waals surface area contributed by atoms with Gasteiger partial charge in [0.15, 0.2) is 5.75 Å². The number of hydrazine groups is 1. The van der Waals surface area contributed by atoms with Gasteiger partial charge >= 0.3 is 22.3 Å². The number of nitrogens with zero attached hydrogens (tertiary/aromatic N) is 1. The Hall–Kier alpha value is -4.44. The number of urea groups is 1. The molecule has 0 aliphatic carbocycles. The van der Waals surface area contributed by atoms with Crippen LogP contribution in [-0.2, 0) is 21.6 Å². The summed E-state index contributed by atoms with van der Waals surface area (Å²) in [5.41, 5.74) is 1.63. The third kappa shape index (κ3) is 6.08. The molecule has 15 nitrogen and oxygen atoms in total. The monoisotopic (exact) mass is 494 g/mol. The van der Waals surface area contributed by atoms with Crippen LogP contribution in [0.2, 0.25) is 0 Å². The Kier molecular flexibility index (Phi) is 7.12. The van der Waals surface area contributed by atoms with Gasteiger partial charge in [-0.15, -0.1) is 4.83 Å². The summed E-state index contributed by atoms with van der Waals surface area (Å²) in [7, 11) is -4.66. The topological polar surface area (TPSA) is 216 Å². The molecule has 1 atom stereocenters. The highest BCUT2D eigenvalue weighted by Crippen LogP contribution is 2.10. The first-order chi connectivity index (χ1) is 16.1. The van der Waals surface area contributed by atoms with Gasteiger partial charge in [-0.05, 0) is 5.56 Å². The van der Waals surface area contributed by atoms with Gasteiger partial charge in [-0.3, -0.25) is 24.7 Å². The van der Waals surface area contributed by atoms with Gasteiger partial charge in [-0.1, -0.05) is 30.3 Å². The van der Waals surface area contributed by atoms with Gasteiger partial charge in [0, 0.05) is 12.3 Å². The van der Waals surface area contributed by atoms with Crippen molar-refractivity contribution in [3.63, 3.8) is 0 Å². The smallest absolute Gasteiger partial charge is 0.405 e. The van der Waals surface area contributed by atoms with Gasteiger partial charge in [-0.25, -0.2) is 14.3 Å². The predicted octanol–water partition coefficient (Wildman–Crippen LogP) is -1.38. The van der Waals surface area contributed by atoms with Crippen LogP contribution in [0.1, 0.15) is 16.1 Å². The van der Waals surface area contributed by atoms with Crippen molar-refractivity contribution in [1.29, 1.82) is 0 Å². The van der Waals surface area contributed by atoms with E-state index in [0.717, 1.165) is 17.8 Å². The molecule has 0 spiro atoms. The molecule has 1 aromatic heterocycles. The Morgan fingerprint density at radius 2 is 1.88 bits per heavy atom. The SMILES string of the molecule is O=C(O)N[C@H]1CN(C(=O)NS(=O)(=O)NNC(=O)c2cc(=O)c(OCc3ccccc3)c[nH]2)C1=O. The molecule has 180 valence electrons. The normalized spacial score (nSPS) is 15.1. The number of pyridine rings is 1. The van der Waals surface area contributed by atoms with E-state index in [1.807, 2.05) is 11.4 Å². The van der Waals surface area contributed by atoms with Crippen LogP contribution in [0, 0.1) is 0 Å². The third-order valence-electron chi connectivity index (χ3n) is 4.35. The predicted molar refractivity (Wildman–Crippen MR) is 113 cm³/mol. The number of ether oxygens (including phenoxy) is 1. The Morgan fingerprint density at radius 3 is 2.50 bits per heavy atom. The number of H-pyrrole nitrogens is 1. The minimum absolute atomic E-state index is 0.0665. The number of imide groups is 1. The van der Waals surface area contributed by atoms with E-state index in [0.29, 0.717) is 4.90 Å². The fraction of sp³-hybridized carbons (Fsp3) is 0.167. The van der Waals surface area contributed by atoms with Crippen molar-refractivity contribution in [3.05, 3.63) is 64.1 Å². The number of likely N-dealkylation sites (tertiary alicyclic amines) is 1. The first-order valence-corrected chi connectivity index (χ1v) is 10.9. The second-order valence-electron chi connectivity index (χ2n) is 6.77. The number of carbonyl (C=O) groups is 4. The van der Waals surface area contributed by atoms with Gasteiger partial charge in [0.25, 0.3) is 11.8 Å². The number of nitrogens with one attached hydrogen (secondary N) is 5. The number of benzene rings is 1. The number of rotatable bonds is 8. The van der Waals surface area contributed by atoms with Crippen LogP contribution in [0.5, 0.6) is 5.75 Å². The quantitative estimate of drug-likeness (QED) is 0.188. The number of aromatic amines is 1. The molecule has 1 aliphatic rings. The maximum atomic E-state index is 12.2. The maximum absolute atomic E-state index is 12.2. The minimum Gasteiger partial charge on any atom is -0.483 e. The lowest BCUT2D eigenvalue weighted by atomic mass is 10.1. The molecule has 16 heteroatoms. The number of hydrogen-bond acceptors (Lipinski definition) is 8. The van der Waals surface area contributed by atoms with Gasteiger partial charge < -0.3 is 20.1 Å². The molecule has 6 N–H and O–H groups in total. The summed E-state index contributed by atoms with van der Waals surface area (Å²) in [5, 5.41) is 10.4. The van der Waals surface area contributed by atoms with Gasteiger partial charge in [-0.2, -0.15) is 8.42 Å². The Labute approximate surface area is 191 Å². The zero-order chi connectivity index (χ0) is 24.9. The highest BCUT2D eigenvalue weighted by Gasteiger charge is 2.42. The standard InChI is InChI=1S/C18H18N6O9S/c25-13-6-11(19-7-14(13)33-9-10-4-2-1-3-5-10)15(26)21-23-34(31,32)22-17(28)24-8-12(16(24)27)20-18(29)30/h1-7,12,20,23H,8-9H2,(H,19,25)(H,21,26)(H,22,28)(H,29,30)/t12-/m0/s1. The van der Waals surface area contributed by atoms with E-state index in [4.69, 9.17) is 9.84 Å². The lowest BCUT2D eigenvalue weighted by molar-refractivity contribution is -0.138. The van der Waals surface area contributed by atoms with Gasteiger partial charge in [0.2, 0.25) is 5.43 Å². The molecule has 2 heterocycles. The Bertz CT molecular complexity index is 1280. The molecule has 1 saturated heterocycles. The fourth-order valence-electron chi connectivity index (χ4n) is 2.68. The molecule has 1 aromatic carbocycles. The molecular weight excluding hydrogens is 476 g/mol. The number of β-lactam (4-membered cyclic amide) rings is 1. The molecule has 0 unspecified atom stereocenters. The second kappa shape index (κ2) is 10.0. The number of carboxylic acid groups (broad SMARTS) is 1. The minimum atomic E-state index is -4.66. The van der Waals surface area contributed by atoms with Crippen LogP contribution in [0.15, 0.2) is 47.4 Å². The number of amides is 5. The largest absolute Gasteiger partial charge is 0.483 e. The molecule has 5 amide bonds. The van der Waals surface area contributed by atoms with E-state index in [-0.39, 0.29) is 24.6 Å². The van der Waals surface area contributed by atoms with Crippen molar-refractivity contribution >= 4 is 34.1 Å². The maximum Gasteiger partial charge on any atom is 0.405 e. The molecule has 0 bridgehead atoms. The molecule has 1 aliphatic heterocycles. The van der Waals surface area contributed by atoms with Crippen molar-refractivity contribution in [2.24, 2.45) is 0 Å². The van der Waals surface area contributed by atoms with Crippen molar-refractivity contribution in [1.82, 2.24) is 30.2 Å². The van der Waals surface area contributed by atoms with Crippen molar-refractivity contribution < 1.29 is 37.4 Å². The van der Waals surface area contributed by atoms with Crippen LogP contribution in [-0.4, -0.2) is 59.9 Å². The average Bonchev–Trinajstić information content (AvgIpc) is 2.79. The molecule has 0 radical (unpaired) electrons. The van der Waals surface area contributed by atoms with E-state index in [1.165, 1.54) is 4.72 Å². The van der Waals surface area contributed by atoms with Crippen LogP contribution in [0.3, 0.4) is 0 Å². The number of aromatic nitrogens is 1. The summed E-state index contributed by atoms with van der Waals surface area (Å²) >= 11 is 0. The van der Waals surface area contributed by atoms with E-state index in [9.17, 15) is 32.4 Å². The lowest BCUT2D eigenvalue weighted by Gasteiger charge is -2.35. The Balaban J connectivity index is 1.51. The molecular formula is C18H18N6O9S. The first-order valence-electron chi connectivity index (χ1n) is 9.40. The van der Waals surface area contributed by atoms with E-state index in [2.05, 4.69) is 4.98 Å². The fourth-order valence-corrected chi connectivity index (χ4v) is 3.30. The van der Waals surface area contributed by atoms with Crippen LogP contribution in [0.4, 0.5) is 9.59 Å². The Morgan fingerprint density at radius 1 is 1.18 bits per heavy atom. The highest BCUT2D eigenvalue weighted by atomic mass is 32.2. The molecule has 1 fully saturated rings. The molecule has 0 saturated carbocycles. The number of hydrogen-bond donors (Lipinski definition) is 6. The van der Waals surface area contributed by atoms with Crippen molar-refractivity contribution in [3.8, 4) is 5.75 Å². The highest BCUT2D eigenvalue weighted by molar-refractivity contribution is 7.88.